The number of carbonyl (C=O) groups is 1. The van der Waals surface area contributed by atoms with Gasteiger partial charge < -0.3 is 49.8 Å². The highest BCUT2D eigenvalue weighted by molar-refractivity contribution is 7.80. The van der Waals surface area contributed by atoms with E-state index in [0.29, 0.717) is 0 Å². The molecule has 1 amide bonds. The average Bonchev–Trinajstić information content (AvgIpc) is 2.67. The van der Waals surface area contributed by atoms with Crippen LogP contribution in [0.1, 0.15) is 6.92 Å². The Kier molecular flexibility index (Phi) is 9.08. The molecule has 0 saturated carbocycles. The number of nitrogens with one attached hydrogen (secondary N) is 1. The number of hydrogen-bond donors (Lipinski definition) is 7. The summed E-state index contributed by atoms with van der Waals surface area (Å²) in [4.78, 5) is 11.4. The summed E-state index contributed by atoms with van der Waals surface area (Å²) in [6.45, 7) is -0.500. The molecule has 2 aliphatic rings. The zero-order valence-corrected chi connectivity index (χ0v) is 17.4. The average molecular weight is 477 g/mol. The van der Waals surface area contributed by atoms with Gasteiger partial charge in [-0.25, -0.2) is 4.18 Å². The van der Waals surface area contributed by atoms with E-state index in [-0.39, 0.29) is 0 Å². The lowest BCUT2D eigenvalue weighted by atomic mass is 9.95. The molecule has 16 heteroatoms. The third-order valence-corrected chi connectivity index (χ3v) is 5.26. The van der Waals surface area contributed by atoms with E-state index in [4.69, 9.17) is 23.5 Å². The molecule has 2 saturated heterocycles. The van der Waals surface area contributed by atoms with E-state index in [1.54, 1.807) is 0 Å². The van der Waals surface area contributed by atoms with E-state index in [2.05, 4.69) is 9.50 Å². The lowest BCUT2D eigenvalue weighted by Gasteiger charge is -2.46. The zero-order valence-electron chi connectivity index (χ0n) is 16.5. The highest BCUT2D eigenvalue weighted by atomic mass is 32.3. The number of aliphatic hydroxyl groups excluding tert-OH is 5. The van der Waals surface area contributed by atoms with Gasteiger partial charge in [0.05, 0.1) is 13.2 Å². The van der Waals surface area contributed by atoms with Crippen molar-refractivity contribution in [2.45, 2.75) is 68.3 Å². The molecule has 2 rings (SSSR count). The molecule has 2 heterocycles. The molecule has 0 unspecified atom stereocenters. The monoisotopic (exact) mass is 477 g/mol. The summed E-state index contributed by atoms with van der Waals surface area (Å²) in [5.74, 6) is -0.644. The predicted octanol–water partition coefficient (Wildman–Crippen LogP) is -4.77. The maximum absolute atomic E-state index is 11.4. The molecular weight excluding hydrogens is 450 g/mol. The van der Waals surface area contributed by atoms with Crippen molar-refractivity contribution in [2.75, 3.05) is 20.3 Å². The summed E-state index contributed by atoms with van der Waals surface area (Å²) in [6.07, 6.45) is -13.9. The van der Waals surface area contributed by atoms with Crippen LogP contribution in [0.5, 0.6) is 0 Å². The molecule has 2 aliphatic heterocycles. The van der Waals surface area contributed by atoms with Crippen LogP contribution in [0, 0.1) is 0 Å². The van der Waals surface area contributed by atoms with E-state index in [1.807, 2.05) is 0 Å². The topological polar surface area (TPSA) is 231 Å². The first-order chi connectivity index (χ1) is 14.4. The van der Waals surface area contributed by atoms with Crippen molar-refractivity contribution in [3.8, 4) is 0 Å². The van der Waals surface area contributed by atoms with Gasteiger partial charge in [-0.05, 0) is 0 Å². The third-order valence-electron chi connectivity index (χ3n) is 4.83. The minimum absolute atomic E-state index is 0.644. The van der Waals surface area contributed by atoms with Gasteiger partial charge in [-0.1, -0.05) is 0 Å². The Morgan fingerprint density at radius 1 is 1.03 bits per heavy atom. The quantitative estimate of drug-likeness (QED) is 0.163. The second kappa shape index (κ2) is 10.7. The Balaban J connectivity index is 2.27. The Bertz CT molecular complexity index is 706. The number of carbonyl (C=O) groups excluding carboxylic acids is 1. The minimum atomic E-state index is -4.93. The molecule has 0 bridgehead atoms. The van der Waals surface area contributed by atoms with Crippen molar-refractivity contribution in [2.24, 2.45) is 0 Å². The van der Waals surface area contributed by atoms with Crippen molar-refractivity contribution >= 4 is 16.3 Å². The summed E-state index contributed by atoms with van der Waals surface area (Å²) >= 11 is 0. The van der Waals surface area contributed by atoms with Crippen molar-refractivity contribution in [1.82, 2.24) is 5.32 Å². The first-order valence-corrected chi connectivity index (χ1v) is 10.5. The van der Waals surface area contributed by atoms with E-state index < -0.39 is 90.9 Å². The highest BCUT2D eigenvalue weighted by Crippen LogP contribution is 2.29. The smallest absolute Gasteiger partial charge is 0.394 e. The summed E-state index contributed by atoms with van der Waals surface area (Å²) in [5.41, 5.74) is 0. The highest BCUT2D eigenvalue weighted by Gasteiger charge is 2.51. The van der Waals surface area contributed by atoms with Crippen LogP contribution in [0.2, 0.25) is 0 Å². The van der Waals surface area contributed by atoms with E-state index in [1.165, 1.54) is 7.11 Å². The number of methoxy groups -OCH3 is 1. The maximum atomic E-state index is 11.4. The molecule has 31 heavy (non-hydrogen) atoms. The Morgan fingerprint density at radius 2 is 1.68 bits per heavy atom. The first-order valence-electron chi connectivity index (χ1n) is 9.10. The summed E-state index contributed by atoms with van der Waals surface area (Å²) < 4.78 is 55.9. The second-order valence-electron chi connectivity index (χ2n) is 7.00. The van der Waals surface area contributed by atoms with Gasteiger partial charge in [-0.15, -0.1) is 0 Å². The molecule has 0 aromatic carbocycles. The van der Waals surface area contributed by atoms with Crippen LogP contribution in [-0.2, 0) is 38.3 Å². The van der Waals surface area contributed by atoms with Crippen molar-refractivity contribution in [3.63, 3.8) is 0 Å². The van der Waals surface area contributed by atoms with Gasteiger partial charge in [0.25, 0.3) is 0 Å². The van der Waals surface area contributed by atoms with Crippen LogP contribution in [0.15, 0.2) is 0 Å². The van der Waals surface area contributed by atoms with Crippen LogP contribution < -0.4 is 5.32 Å². The molecule has 2 fully saturated rings. The SMILES string of the molecule is CO[C@H]1[C@@H](O)[C@@H](CO)O[C@@H](O[C@H]2[C@H](O)[C@@H](NC(C)=O)[C@H](O)O[C@@H]2COS(=O)(=O)O)[C@@H]1O. The van der Waals surface area contributed by atoms with Crippen LogP contribution in [0.3, 0.4) is 0 Å². The fourth-order valence-corrected chi connectivity index (χ4v) is 3.69. The predicted molar refractivity (Wildman–Crippen MR) is 95.4 cm³/mol. The molecule has 0 spiro atoms. The fourth-order valence-electron chi connectivity index (χ4n) is 3.38. The molecule has 10 atom stereocenters. The van der Waals surface area contributed by atoms with Gasteiger partial charge in [-0.3, -0.25) is 9.35 Å². The zero-order chi connectivity index (χ0) is 23.5. The molecule has 0 aliphatic carbocycles. The normalized spacial score (nSPS) is 41.7. The fraction of sp³-hybridized carbons (Fsp3) is 0.933. The largest absolute Gasteiger partial charge is 0.397 e. The van der Waals surface area contributed by atoms with Crippen LogP contribution in [0.25, 0.3) is 0 Å². The van der Waals surface area contributed by atoms with Gasteiger partial charge in [-0.2, -0.15) is 8.42 Å². The molecule has 0 aromatic heterocycles. The molecule has 7 N–H and O–H groups in total. The number of hydrogen-bond acceptors (Lipinski definition) is 13. The molecule has 15 nitrogen and oxygen atoms in total. The van der Waals surface area contributed by atoms with Gasteiger partial charge in [0.1, 0.15) is 48.8 Å². The Morgan fingerprint density at radius 3 is 2.19 bits per heavy atom. The summed E-state index contributed by atoms with van der Waals surface area (Å²) in [7, 11) is -3.75. The molecule has 0 aromatic rings. The van der Waals surface area contributed by atoms with Crippen LogP contribution in [0.4, 0.5) is 0 Å². The second-order valence-corrected chi connectivity index (χ2v) is 8.09. The van der Waals surface area contributed by atoms with Gasteiger partial charge in [0.15, 0.2) is 12.6 Å². The van der Waals surface area contributed by atoms with Crippen molar-refractivity contribution in [3.05, 3.63) is 0 Å². The number of amides is 1. The van der Waals surface area contributed by atoms with Gasteiger partial charge in [0.2, 0.25) is 5.91 Å². The van der Waals surface area contributed by atoms with E-state index >= 15 is 0 Å². The van der Waals surface area contributed by atoms with Gasteiger partial charge >= 0.3 is 10.4 Å². The number of rotatable bonds is 8. The van der Waals surface area contributed by atoms with Crippen molar-refractivity contribution < 1.29 is 66.4 Å². The van der Waals surface area contributed by atoms with Crippen molar-refractivity contribution in [1.29, 1.82) is 0 Å². The Hall–Kier alpha value is -1.02. The Labute approximate surface area is 177 Å². The minimum Gasteiger partial charge on any atom is -0.394 e. The maximum Gasteiger partial charge on any atom is 0.397 e. The number of aliphatic hydroxyl groups is 5. The molecule has 0 radical (unpaired) electrons. The number of ether oxygens (including phenoxy) is 4. The lowest BCUT2D eigenvalue weighted by molar-refractivity contribution is -0.346. The third kappa shape index (κ3) is 6.50. The van der Waals surface area contributed by atoms with Gasteiger partial charge in [0, 0.05) is 14.0 Å². The first kappa shape index (κ1) is 26.2. The van der Waals surface area contributed by atoms with E-state index in [9.17, 15) is 38.7 Å². The lowest BCUT2D eigenvalue weighted by Crippen LogP contribution is -2.67. The van der Waals surface area contributed by atoms with Crippen LogP contribution >= 0.6 is 0 Å². The standard InChI is InChI=1S/C15H27NO14S/c1-5(18)16-8-10(20)12(7(28-14(8)22)4-27-31(23,24)25)30-15-11(21)13(26-2)9(19)6(3-17)29-15/h6-15,17,19-22H,3-4H2,1-2H3,(H,16,18)(H,23,24,25)/t6-,7-,8-,9+,10-,11-,12-,13+,14-,15+/m1/s1. The summed E-state index contributed by atoms with van der Waals surface area (Å²) in [5, 5.41) is 52.8. The van der Waals surface area contributed by atoms with E-state index in [0.717, 1.165) is 6.92 Å². The summed E-state index contributed by atoms with van der Waals surface area (Å²) in [6, 6.07) is -1.43. The van der Waals surface area contributed by atoms with Crippen LogP contribution in [-0.4, -0.2) is 126 Å². The molecule has 182 valence electrons. The molecular formula is C15H27NO14S.